The first-order valence-electron chi connectivity index (χ1n) is 5.66. The maximum Gasteiger partial charge on any atom is 0.288 e. The molecule has 2 rings (SSSR count). The summed E-state index contributed by atoms with van der Waals surface area (Å²) < 4.78 is 0. The number of carbonyl (C=O) groups excluding carboxylic acids is 1. The summed E-state index contributed by atoms with van der Waals surface area (Å²) in [5, 5.41) is 13.4. The average molecular weight is 292 g/mol. The van der Waals surface area contributed by atoms with Gasteiger partial charge in [-0.05, 0) is 31.2 Å². The standard InChI is InChI=1S/C13H10ClN3O3/c1-8-11(3-2-6-15-8)16-13(18)9-4-5-10(14)12(7-9)17(19)20/h2-7H,1H3,(H,16,18). The summed E-state index contributed by atoms with van der Waals surface area (Å²) in [7, 11) is 0. The second-order valence-corrected chi connectivity index (χ2v) is 4.42. The number of halogens is 1. The molecule has 0 bridgehead atoms. The van der Waals surface area contributed by atoms with Crippen LogP contribution in [0, 0.1) is 17.0 Å². The number of aryl methyl sites for hydroxylation is 1. The SMILES string of the molecule is Cc1ncccc1NC(=O)c1ccc(Cl)c([N+](=O)[O-])c1. The van der Waals surface area contributed by atoms with Gasteiger partial charge in [-0.15, -0.1) is 0 Å². The molecule has 0 aliphatic heterocycles. The van der Waals surface area contributed by atoms with Gasteiger partial charge < -0.3 is 5.32 Å². The van der Waals surface area contributed by atoms with Crippen LogP contribution in [0.2, 0.25) is 5.02 Å². The Morgan fingerprint density at radius 1 is 1.40 bits per heavy atom. The lowest BCUT2D eigenvalue weighted by Crippen LogP contribution is -2.13. The number of rotatable bonds is 3. The molecule has 0 unspecified atom stereocenters. The summed E-state index contributed by atoms with van der Waals surface area (Å²) in [5.41, 5.74) is 1.06. The Labute approximate surface area is 119 Å². The number of nitro benzene ring substituents is 1. The molecule has 1 heterocycles. The first kappa shape index (κ1) is 14.0. The lowest BCUT2D eigenvalue weighted by atomic mass is 10.2. The highest BCUT2D eigenvalue weighted by Gasteiger charge is 2.16. The molecule has 2 aromatic rings. The molecule has 1 amide bonds. The first-order chi connectivity index (χ1) is 9.49. The van der Waals surface area contributed by atoms with Gasteiger partial charge in [0, 0.05) is 17.8 Å². The minimum atomic E-state index is -0.631. The van der Waals surface area contributed by atoms with E-state index < -0.39 is 10.8 Å². The van der Waals surface area contributed by atoms with E-state index >= 15 is 0 Å². The molecule has 0 radical (unpaired) electrons. The van der Waals surface area contributed by atoms with Gasteiger partial charge >= 0.3 is 0 Å². The molecule has 0 aliphatic carbocycles. The number of hydrogen-bond acceptors (Lipinski definition) is 4. The molecule has 1 aromatic heterocycles. The number of benzene rings is 1. The predicted octanol–water partition coefficient (Wildman–Crippen LogP) is 3.20. The summed E-state index contributed by atoms with van der Waals surface area (Å²) in [6.45, 7) is 1.75. The lowest BCUT2D eigenvalue weighted by Gasteiger charge is -2.07. The highest BCUT2D eigenvalue weighted by Crippen LogP contribution is 2.25. The lowest BCUT2D eigenvalue weighted by molar-refractivity contribution is -0.384. The molecule has 6 nitrogen and oxygen atoms in total. The molecule has 20 heavy (non-hydrogen) atoms. The molecule has 1 aromatic carbocycles. The monoisotopic (exact) mass is 291 g/mol. The van der Waals surface area contributed by atoms with Gasteiger partial charge in [0.1, 0.15) is 5.02 Å². The largest absolute Gasteiger partial charge is 0.320 e. The fourth-order valence-corrected chi connectivity index (χ4v) is 1.79. The van der Waals surface area contributed by atoms with Crippen molar-refractivity contribution in [2.24, 2.45) is 0 Å². The third kappa shape index (κ3) is 2.92. The molecule has 0 atom stereocenters. The van der Waals surface area contributed by atoms with Crippen LogP contribution in [0.25, 0.3) is 0 Å². The van der Waals surface area contributed by atoms with Crippen molar-refractivity contribution in [3.8, 4) is 0 Å². The Hall–Kier alpha value is -2.47. The van der Waals surface area contributed by atoms with E-state index in [1.807, 2.05) is 0 Å². The van der Waals surface area contributed by atoms with E-state index in [2.05, 4.69) is 10.3 Å². The zero-order valence-electron chi connectivity index (χ0n) is 10.5. The highest BCUT2D eigenvalue weighted by atomic mass is 35.5. The van der Waals surface area contributed by atoms with Crippen LogP contribution in [0.1, 0.15) is 16.1 Å². The number of carbonyl (C=O) groups is 1. The minimum absolute atomic E-state index is 0.0101. The normalized spacial score (nSPS) is 10.1. The Morgan fingerprint density at radius 3 is 2.80 bits per heavy atom. The van der Waals surface area contributed by atoms with Crippen molar-refractivity contribution >= 4 is 28.9 Å². The van der Waals surface area contributed by atoms with Crippen molar-refractivity contribution in [2.75, 3.05) is 5.32 Å². The van der Waals surface area contributed by atoms with Crippen LogP contribution in [-0.2, 0) is 0 Å². The minimum Gasteiger partial charge on any atom is -0.320 e. The summed E-state index contributed by atoms with van der Waals surface area (Å²) in [6, 6.07) is 7.28. The Bertz CT molecular complexity index is 688. The summed E-state index contributed by atoms with van der Waals surface area (Å²) in [6.07, 6.45) is 1.61. The van der Waals surface area contributed by atoms with Crippen molar-refractivity contribution in [1.82, 2.24) is 4.98 Å². The zero-order chi connectivity index (χ0) is 14.7. The van der Waals surface area contributed by atoms with E-state index in [0.29, 0.717) is 11.4 Å². The molecule has 0 spiro atoms. The van der Waals surface area contributed by atoms with E-state index in [0.717, 1.165) is 6.07 Å². The number of aromatic nitrogens is 1. The summed E-state index contributed by atoms with van der Waals surface area (Å²) in [4.78, 5) is 26.2. The van der Waals surface area contributed by atoms with Crippen LogP contribution in [0.3, 0.4) is 0 Å². The molecule has 102 valence electrons. The van der Waals surface area contributed by atoms with E-state index in [-0.39, 0.29) is 16.3 Å². The van der Waals surface area contributed by atoms with Crippen LogP contribution in [-0.4, -0.2) is 15.8 Å². The zero-order valence-corrected chi connectivity index (χ0v) is 11.2. The van der Waals surface area contributed by atoms with Crippen LogP contribution in [0.4, 0.5) is 11.4 Å². The van der Waals surface area contributed by atoms with E-state index in [4.69, 9.17) is 11.6 Å². The van der Waals surface area contributed by atoms with Crippen molar-refractivity contribution in [3.63, 3.8) is 0 Å². The highest BCUT2D eigenvalue weighted by molar-refractivity contribution is 6.32. The molecule has 0 saturated heterocycles. The van der Waals surface area contributed by atoms with E-state index in [9.17, 15) is 14.9 Å². The smallest absolute Gasteiger partial charge is 0.288 e. The van der Waals surface area contributed by atoms with Crippen LogP contribution < -0.4 is 5.32 Å². The van der Waals surface area contributed by atoms with Gasteiger partial charge in [-0.2, -0.15) is 0 Å². The van der Waals surface area contributed by atoms with Crippen LogP contribution in [0.15, 0.2) is 36.5 Å². The van der Waals surface area contributed by atoms with Crippen molar-refractivity contribution in [2.45, 2.75) is 6.92 Å². The van der Waals surface area contributed by atoms with Gasteiger partial charge in [0.25, 0.3) is 11.6 Å². The maximum absolute atomic E-state index is 12.0. The number of amides is 1. The third-order valence-corrected chi connectivity index (χ3v) is 2.98. The Morgan fingerprint density at radius 2 is 2.15 bits per heavy atom. The summed E-state index contributed by atoms with van der Waals surface area (Å²) in [5.74, 6) is -0.458. The second-order valence-electron chi connectivity index (χ2n) is 4.01. The number of nitro groups is 1. The number of nitrogens with one attached hydrogen (secondary N) is 1. The third-order valence-electron chi connectivity index (χ3n) is 2.66. The van der Waals surface area contributed by atoms with Crippen LogP contribution >= 0.6 is 11.6 Å². The van der Waals surface area contributed by atoms with E-state index in [1.54, 1.807) is 25.3 Å². The number of hydrogen-bond donors (Lipinski definition) is 1. The van der Waals surface area contributed by atoms with Gasteiger partial charge in [-0.1, -0.05) is 11.6 Å². The van der Waals surface area contributed by atoms with E-state index in [1.165, 1.54) is 12.1 Å². The second kappa shape index (κ2) is 5.66. The van der Waals surface area contributed by atoms with Gasteiger partial charge in [-0.25, -0.2) is 0 Å². The fourth-order valence-electron chi connectivity index (χ4n) is 1.60. The fraction of sp³-hybridized carbons (Fsp3) is 0.0769. The topological polar surface area (TPSA) is 85.1 Å². The van der Waals surface area contributed by atoms with Gasteiger partial charge in [0.05, 0.1) is 16.3 Å². The molecule has 0 fully saturated rings. The van der Waals surface area contributed by atoms with Gasteiger partial charge in [-0.3, -0.25) is 19.9 Å². The molecule has 7 heteroatoms. The molecule has 1 N–H and O–H groups in total. The van der Waals surface area contributed by atoms with Crippen molar-refractivity contribution < 1.29 is 9.72 Å². The molecular formula is C13H10ClN3O3. The van der Waals surface area contributed by atoms with Crippen LogP contribution in [0.5, 0.6) is 0 Å². The molecule has 0 saturated carbocycles. The van der Waals surface area contributed by atoms with Gasteiger partial charge in [0.2, 0.25) is 0 Å². The Kier molecular flexibility index (Phi) is 3.95. The quantitative estimate of drug-likeness (QED) is 0.695. The first-order valence-corrected chi connectivity index (χ1v) is 6.04. The number of nitrogens with zero attached hydrogens (tertiary/aromatic N) is 2. The Balaban J connectivity index is 2.28. The molecular weight excluding hydrogens is 282 g/mol. The summed E-state index contributed by atoms with van der Waals surface area (Å²) >= 11 is 5.70. The number of anilines is 1. The number of pyridine rings is 1. The van der Waals surface area contributed by atoms with Crippen molar-refractivity contribution in [1.29, 1.82) is 0 Å². The van der Waals surface area contributed by atoms with Crippen molar-refractivity contribution in [3.05, 3.63) is 62.9 Å². The molecule has 0 aliphatic rings. The average Bonchev–Trinajstić information content (AvgIpc) is 2.41. The maximum atomic E-state index is 12.0. The van der Waals surface area contributed by atoms with Gasteiger partial charge in [0.15, 0.2) is 0 Å². The predicted molar refractivity (Wildman–Crippen MR) is 75.0 cm³/mol.